The number of benzene rings is 4. The highest BCUT2D eigenvalue weighted by atomic mass is 32.2. The van der Waals surface area contributed by atoms with Crippen LogP contribution in [0.1, 0.15) is 5.56 Å². The van der Waals surface area contributed by atoms with Crippen molar-refractivity contribution in [3.05, 3.63) is 121 Å². The van der Waals surface area contributed by atoms with Crippen molar-refractivity contribution in [2.45, 2.75) is 5.03 Å². The summed E-state index contributed by atoms with van der Waals surface area (Å²) in [7, 11) is 1.63. The molecular formula is C33H25N3O2S. The van der Waals surface area contributed by atoms with Gasteiger partial charge < -0.3 is 10.1 Å². The lowest BCUT2D eigenvalue weighted by Gasteiger charge is -2.14. The normalized spacial score (nSPS) is 10.5. The molecule has 0 saturated carbocycles. The Kier molecular flexibility index (Phi) is 8.01. The third-order valence-electron chi connectivity index (χ3n) is 6.19. The first-order valence-corrected chi connectivity index (χ1v) is 13.4. The number of aromatic nitrogens is 1. The number of methoxy groups -OCH3 is 1. The zero-order valence-corrected chi connectivity index (χ0v) is 22.1. The standard InChI is InChI=1S/C33H25N3O2S/c1-38-26-18-16-25(17-19-26)31-20-28(24-12-6-3-7-13-24)29(21-34)33(36-31)39-22-32(37)35-30-15-9-8-14-27(30)23-10-4-2-5-11-23/h2-20H,22H2,1H3,(H,35,37). The minimum Gasteiger partial charge on any atom is -0.497 e. The van der Waals surface area contributed by atoms with E-state index in [0.717, 1.165) is 39.3 Å². The van der Waals surface area contributed by atoms with Crippen LogP contribution in [0.2, 0.25) is 0 Å². The maximum absolute atomic E-state index is 13.1. The number of hydrogen-bond acceptors (Lipinski definition) is 5. The molecule has 190 valence electrons. The maximum atomic E-state index is 13.1. The topological polar surface area (TPSA) is 75.0 Å². The number of nitrogens with zero attached hydrogens (tertiary/aromatic N) is 2. The molecule has 1 N–H and O–H groups in total. The van der Waals surface area contributed by atoms with Gasteiger partial charge in [-0.25, -0.2) is 4.98 Å². The molecule has 6 heteroatoms. The monoisotopic (exact) mass is 527 g/mol. The van der Waals surface area contributed by atoms with E-state index in [-0.39, 0.29) is 11.7 Å². The van der Waals surface area contributed by atoms with Crippen molar-refractivity contribution >= 4 is 23.4 Å². The van der Waals surface area contributed by atoms with Gasteiger partial charge in [-0.1, -0.05) is 90.6 Å². The number of rotatable bonds is 8. The molecule has 0 aliphatic rings. The number of para-hydroxylation sites is 1. The summed E-state index contributed by atoms with van der Waals surface area (Å²) in [6, 6.07) is 39.3. The molecule has 0 fully saturated rings. The molecule has 0 radical (unpaired) electrons. The SMILES string of the molecule is COc1ccc(-c2cc(-c3ccccc3)c(C#N)c(SCC(=O)Nc3ccccc3-c3ccccc3)n2)cc1. The van der Waals surface area contributed by atoms with Crippen LogP contribution in [0, 0.1) is 11.3 Å². The highest BCUT2D eigenvalue weighted by molar-refractivity contribution is 8.00. The van der Waals surface area contributed by atoms with Gasteiger partial charge in [-0.3, -0.25) is 4.79 Å². The van der Waals surface area contributed by atoms with E-state index in [1.54, 1.807) is 7.11 Å². The highest BCUT2D eigenvalue weighted by Gasteiger charge is 2.17. The predicted molar refractivity (Wildman–Crippen MR) is 158 cm³/mol. The molecule has 39 heavy (non-hydrogen) atoms. The Labute approximate surface area is 232 Å². The molecule has 5 rings (SSSR count). The predicted octanol–water partition coefficient (Wildman–Crippen LogP) is 7.69. The van der Waals surface area contributed by atoms with Crippen LogP contribution in [0.25, 0.3) is 33.5 Å². The average Bonchev–Trinajstić information content (AvgIpc) is 3.00. The van der Waals surface area contributed by atoms with Crippen molar-refractivity contribution in [2.75, 3.05) is 18.2 Å². The number of carbonyl (C=O) groups is 1. The van der Waals surface area contributed by atoms with Crippen LogP contribution in [0.5, 0.6) is 5.75 Å². The van der Waals surface area contributed by atoms with Crippen molar-refractivity contribution in [3.8, 4) is 45.3 Å². The minimum absolute atomic E-state index is 0.102. The van der Waals surface area contributed by atoms with E-state index in [9.17, 15) is 10.1 Å². The fourth-order valence-electron chi connectivity index (χ4n) is 4.27. The molecular weight excluding hydrogens is 502 g/mol. The first-order chi connectivity index (χ1) is 19.2. The number of nitriles is 1. The highest BCUT2D eigenvalue weighted by Crippen LogP contribution is 2.35. The molecule has 0 saturated heterocycles. The van der Waals surface area contributed by atoms with Crippen molar-refractivity contribution in [1.82, 2.24) is 4.98 Å². The summed E-state index contributed by atoms with van der Waals surface area (Å²) < 4.78 is 5.30. The number of ether oxygens (including phenoxy) is 1. The third-order valence-corrected chi connectivity index (χ3v) is 7.17. The van der Waals surface area contributed by atoms with Gasteiger partial charge in [0.25, 0.3) is 0 Å². The summed E-state index contributed by atoms with van der Waals surface area (Å²) in [4.78, 5) is 17.9. The van der Waals surface area contributed by atoms with E-state index < -0.39 is 0 Å². The van der Waals surface area contributed by atoms with Gasteiger partial charge in [-0.05, 0) is 47.5 Å². The third kappa shape index (κ3) is 6.01. The Bertz CT molecular complexity index is 1630. The number of carbonyl (C=O) groups excluding carboxylic acids is 1. The molecule has 0 atom stereocenters. The summed E-state index contributed by atoms with van der Waals surface area (Å²) >= 11 is 1.26. The summed E-state index contributed by atoms with van der Waals surface area (Å²) in [5.74, 6) is 0.674. The molecule has 5 nitrogen and oxygen atoms in total. The summed E-state index contributed by atoms with van der Waals surface area (Å²) in [6.07, 6.45) is 0. The van der Waals surface area contributed by atoms with E-state index in [1.807, 2.05) is 115 Å². The Morgan fingerprint density at radius 3 is 2.08 bits per heavy atom. The molecule has 0 aliphatic heterocycles. The van der Waals surface area contributed by atoms with Crippen LogP contribution >= 0.6 is 11.8 Å². The molecule has 4 aromatic carbocycles. The van der Waals surface area contributed by atoms with Crippen molar-refractivity contribution in [1.29, 1.82) is 5.26 Å². The fourth-order valence-corrected chi connectivity index (χ4v) is 5.07. The van der Waals surface area contributed by atoms with Gasteiger partial charge in [-0.15, -0.1) is 0 Å². The van der Waals surface area contributed by atoms with Crippen molar-refractivity contribution in [3.63, 3.8) is 0 Å². The Hall–Kier alpha value is -4.86. The Balaban J connectivity index is 1.45. The molecule has 5 aromatic rings. The van der Waals surface area contributed by atoms with Crippen LogP contribution < -0.4 is 10.1 Å². The molecule has 1 heterocycles. The number of pyridine rings is 1. The number of amides is 1. The largest absolute Gasteiger partial charge is 0.497 e. The van der Waals surface area contributed by atoms with E-state index in [1.165, 1.54) is 11.8 Å². The molecule has 0 bridgehead atoms. The summed E-state index contributed by atoms with van der Waals surface area (Å²) in [5.41, 5.74) is 6.44. The second kappa shape index (κ2) is 12.1. The lowest BCUT2D eigenvalue weighted by molar-refractivity contribution is -0.113. The van der Waals surface area contributed by atoms with Crippen LogP contribution in [-0.2, 0) is 4.79 Å². The lowest BCUT2D eigenvalue weighted by atomic mass is 9.99. The van der Waals surface area contributed by atoms with Crippen LogP contribution in [0.3, 0.4) is 0 Å². The first kappa shape index (κ1) is 25.8. The van der Waals surface area contributed by atoms with Crippen molar-refractivity contribution < 1.29 is 9.53 Å². The zero-order chi connectivity index (χ0) is 27.0. The second-order valence-electron chi connectivity index (χ2n) is 8.69. The number of anilines is 1. The number of thioether (sulfide) groups is 1. The number of hydrogen-bond donors (Lipinski definition) is 1. The van der Waals surface area contributed by atoms with Crippen LogP contribution in [0.15, 0.2) is 120 Å². The molecule has 0 aliphatic carbocycles. The summed E-state index contributed by atoms with van der Waals surface area (Å²) in [5, 5.41) is 13.7. The second-order valence-corrected chi connectivity index (χ2v) is 9.65. The van der Waals surface area contributed by atoms with Gasteiger partial charge in [-0.2, -0.15) is 5.26 Å². The first-order valence-electron chi connectivity index (χ1n) is 12.4. The lowest BCUT2D eigenvalue weighted by Crippen LogP contribution is -2.15. The quantitative estimate of drug-likeness (QED) is 0.209. The van der Waals surface area contributed by atoms with Gasteiger partial charge in [0.05, 0.1) is 24.1 Å². The van der Waals surface area contributed by atoms with Gasteiger partial charge in [0.2, 0.25) is 5.91 Å². The maximum Gasteiger partial charge on any atom is 0.234 e. The minimum atomic E-state index is -0.176. The number of nitrogens with one attached hydrogen (secondary N) is 1. The fraction of sp³-hybridized carbons (Fsp3) is 0.0606. The zero-order valence-electron chi connectivity index (χ0n) is 21.3. The van der Waals surface area contributed by atoms with E-state index in [0.29, 0.717) is 16.3 Å². The van der Waals surface area contributed by atoms with E-state index in [2.05, 4.69) is 11.4 Å². The van der Waals surface area contributed by atoms with Gasteiger partial charge in [0.1, 0.15) is 16.8 Å². The average molecular weight is 528 g/mol. The van der Waals surface area contributed by atoms with E-state index in [4.69, 9.17) is 9.72 Å². The molecule has 1 amide bonds. The van der Waals surface area contributed by atoms with Gasteiger partial charge >= 0.3 is 0 Å². The van der Waals surface area contributed by atoms with Crippen LogP contribution in [-0.4, -0.2) is 23.8 Å². The smallest absolute Gasteiger partial charge is 0.234 e. The van der Waals surface area contributed by atoms with Crippen LogP contribution in [0.4, 0.5) is 5.69 Å². The Morgan fingerprint density at radius 1 is 0.821 bits per heavy atom. The van der Waals surface area contributed by atoms with Crippen molar-refractivity contribution in [2.24, 2.45) is 0 Å². The molecule has 1 aromatic heterocycles. The Morgan fingerprint density at radius 2 is 1.44 bits per heavy atom. The molecule has 0 spiro atoms. The van der Waals surface area contributed by atoms with Gasteiger partial charge in [0, 0.05) is 22.4 Å². The van der Waals surface area contributed by atoms with Gasteiger partial charge in [0.15, 0.2) is 0 Å². The summed E-state index contributed by atoms with van der Waals surface area (Å²) in [6.45, 7) is 0. The van der Waals surface area contributed by atoms with E-state index >= 15 is 0 Å². The molecule has 0 unspecified atom stereocenters.